The lowest BCUT2D eigenvalue weighted by atomic mass is 9.98. The highest BCUT2D eigenvalue weighted by atomic mass is 31.2. The van der Waals surface area contributed by atoms with Gasteiger partial charge in [-0.05, 0) is 42.4 Å². The fourth-order valence-corrected chi connectivity index (χ4v) is 5.06. The molecule has 2 N–H and O–H groups in total. The van der Waals surface area contributed by atoms with Crippen molar-refractivity contribution >= 4 is 19.7 Å². The Labute approximate surface area is 205 Å². The van der Waals surface area contributed by atoms with E-state index in [2.05, 4.69) is 14.8 Å². The Hall–Kier alpha value is -3.59. The molecule has 0 aliphatic heterocycles. The summed E-state index contributed by atoms with van der Waals surface area (Å²) in [6.45, 7) is 0.0359. The molecule has 36 heavy (non-hydrogen) atoms. The van der Waals surface area contributed by atoms with E-state index in [9.17, 15) is 28.3 Å². The van der Waals surface area contributed by atoms with E-state index >= 15 is 0 Å². The second kappa shape index (κ2) is 11.0. The Morgan fingerprint density at radius 3 is 1.94 bits per heavy atom. The van der Waals surface area contributed by atoms with Crippen molar-refractivity contribution in [1.29, 1.82) is 0 Å². The molecule has 0 fully saturated rings. The van der Waals surface area contributed by atoms with Gasteiger partial charge in [0.1, 0.15) is 12.6 Å². The Balaban J connectivity index is 1.37. The molecular formula is C25H22F2NO7P. The maximum atomic E-state index is 12.5. The van der Waals surface area contributed by atoms with Crippen LogP contribution in [0.5, 0.6) is 0 Å². The van der Waals surface area contributed by atoms with E-state index < -0.39 is 31.9 Å². The number of fused-ring (bicyclic) bond motifs is 3. The van der Waals surface area contributed by atoms with Gasteiger partial charge in [0.25, 0.3) is 0 Å². The van der Waals surface area contributed by atoms with Gasteiger partial charge in [-0.15, -0.1) is 9.46 Å². The number of benzene rings is 3. The number of amides is 1. The van der Waals surface area contributed by atoms with Crippen LogP contribution < -0.4 is 5.32 Å². The molecule has 0 saturated carbocycles. The zero-order chi connectivity index (χ0) is 25.7. The van der Waals surface area contributed by atoms with Crippen molar-refractivity contribution in [3.63, 3.8) is 0 Å². The molecule has 0 aromatic heterocycles. The van der Waals surface area contributed by atoms with Crippen LogP contribution in [0.15, 0.2) is 72.8 Å². The average Bonchev–Trinajstić information content (AvgIpc) is 3.21. The number of alkyl carbamates (subject to hydrolysis) is 1. The minimum atomic E-state index is -4.54. The van der Waals surface area contributed by atoms with Gasteiger partial charge in [0.15, 0.2) is 0 Å². The maximum Gasteiger partial charge on any atom is 0.407 e. The third kappa shape index (κ3) is 5.62. The van der Waals surface area contributed by atoms with E-state index in [0.717, 1.165) is 22.3 Å². The Morgan fingerprint density at radius 1 is 0.889 bits per heavy atom. The van der Waals surface area contributed by atoms with Crippen molar-refractivity contribution < 1.29 is 42.5 Å². The number of halogens is 2. The highest BCUT2D eigenvalue weighted by Gasteiger charge is 2.30. The fraction of sp³-hybridized carbons (Fsp3) is 0.200. The Kier molecular flexibility index (Phi) is 7.79. The summed E-state index contributed by atoms with van der Waals surface area (Å²) >= 11 is 0. The average molecular weight is 517 g/mol. The summed E-state index contributed by atoms with van der Waals surface area (Å²) < 4.78 is 47.6. The minimum absolute atomic E-state index is 0.0359. The SMILES string of the molecule is O=C(N[C@@H](Cc1ccc(CP(=O)(OF)OF)cc1)C(=O)O)OCC1c2ccccc2-c2ccccc21. The number of carboxylic acid groups (broad SMARTS) is 1. The van der Waals surface area contributed by atoms with Crippen molar-refractivity contribution in [1.82, 2.24) is 5.32 Å². The predicted molar refractivity (Wildman–Crippen MR) is 125 cm³/mol. The van der Waals surface area contributed by atoms with Crippen LogP contribution in [0.3, 0.4) is 0 Å². The number of rotatable bonds is 10. The Morgan fingerprint density at radius 2 is 1.42 bits per heavy atom. The van der Waals surface area contributed by atoms with E-state index in [1.54, 1.807) is 0 Å². The van der Waals surface area contributed by atoms with E-state index in [1.165, 1.54) is 24.3 Å². The fourth-order valence-electron chi connectivity index (χ4n) is 4.28. The molecule has 188 valence electrons. The van der Waals surface area contributed by atoms with Gasteiger partial charge in [0, 0.05) is 12.3 Å². The number of carbonyl (C=O) groups is 2. The van der Waals surface area contributed by atoms with Gasteiger partial charge in [-0.1, -0.05) is 72.8 Å². The first-order valence-electron chi connectivity index (χ1n) is 11.0. The summed E-state index contributed by atoms with van der Waals surface area (Å²) in [5.74, 6) is -1.44. The molecule has 1 aliphatic rings. The third-order valence-electron chi connectivity index (χ3n) is 5.98. The second-order valence-corrected chi connectivity index (χ2v) is 10.1. The lowest BCUT2D eigenvalue weighted by Gasteiger charge is -2.18. The molecular weight excluding hydrogens is 495 g/mol. The lowest BCUT2D eigenvalue weighted by molar-refractivity contribution is -0.139. The zero-order valence-corrected chi connectivity index (χ0v) is 19.7. The summed E-state index contributed by atoms with van der Waals surface area (Å²) in [5.41, 5.74) is 4.95. The van der Waals surface area contributed by atoms with Gasteiger partial charge < -0.3 is 15.2 Å². The van der Waals surface area contributed by atoms with Gasteiger partial charge in [0.05, 0.1) is 6.16 Å². The summed E-state index contributed by atoms with van der Waals surface area (Å²) in [6, 6.07) is 20.1. The van der Waals surface area contributed by atoms with E-state index in [-0.39, 0.29) is 24.5 Å². The van der Waals surface area contributed by atoms with Gasteiger partial charge in [0.2, 0.25) is 0 Å². The largest absolute Gasteiger partial charge is 0.480 e. The molecule has 1 aliphatic carbocycles. The number of carbonyl (C=O) groups excluding carboxylic acids is 1. The molecule has 0 bridgehead atoms. The minimum Gasteiger partial charge on any atom is -0.480 e. The topological polar surface area (TPSA) is 111 Å². The first kappa shape index (κ1) is 25.5. The molecule has 3 aromatic rings. The van der Waals surface area contributed by atoms with E-state index in [0.29, 0.717) is 5.56 Å². The number of ether oxygens (including phenoxy) is 1. The lowest BCUT2D eigenvalue weighted by Crippen LogP contribution is -2.42. The summed E-state index contributed by atoms with van der Waals surface area (Å²) in [4.78, 5) is 24.2. The Bertz CT molecular complexity index is 1250. The van der Waals surface area contributed by atoms with Gasteiger partial charge in [-0.25, -0.2) is 9.59 Å². The van der Waals surface area contributed by atoms with E-state index in [4.69, 9.17) is 4.74 Å². The molecule has 3 aromatic carbocycles. The van der Waals surface area contributed by atoms with Crippen molar-refractivity contribution in [2.45, 2.75) is 24.5 Å². The number of carboxylic acids is 1. The third-order valence-corrected chi connectivity index (χ3v) is 7.16. The van der Waals surface area contributed by atoms with Crippen LogP contribution in [0.4, 0.5) is 13.8 Å². The van der Waals surface area contributed by atoms with Crippen LogP contribution in [0.25, 0.3) is 11.1 Å². The van der Waals surface area contributed by atoms with Crippen molar-refractivity contribution in [3.8, 4) is 11.1 Å². The van der Waals surface area contributed by atoms with Crippen LogP contribution in [-0.4, -0.2) is 29.8 Å². The van der Waals surface area contributed by atoms with Crippen LogP contribution in [0.1, 0.15) is 28.2 Å². The van der Waals surface area contributed by atoms with Crippen molar-refractivity contribution in [3.05, 3.63) is 95.1 Å². The summed E-state index contributed by atoms with van der Waals surface area (Å²) in [5, 5.41) is 11.9. The van der Waals surface area contributed by atoms with Crippen LogP contribution in [0.2, 0.25) is 0 Å². The van der Waals surface area contributed by atoms with E-state index in [1.807, 2.05) is 48.5 Å². The number of hydrogen-bond donors (Lipinski definition) is 2. The smallest absolute Gasteiger partial charge is 0.407 e. The van der Waals surface area contributed by atoms with Crippen LogP contribution in [-0.2, 0) is 36.1 Å². The number of nitrogens with one attached hydrogen (secondary N) is 1. The highest BCUT2D eigenvalue weighted by molar-refractivity contribution is 7.52. The standard InChI is InChI=1S/C25H22F2NO7P/c26-34-36(32,35-27)15-17-11-9-16(10-12-17)13-23(24(29)30)28-25(31)33-14-22-20-7-3-1-5-18(20)19-6-2-4-8-21(19)22/h1-12,22-23H,13-15H2,(H,28,31)(H,29,30)/t23-/m0/s1. The molecule has 0 spiro atoms. The molecule has 1 atom stereocenters. The van der Waals surface area contributed by atoms with Crippen molar-refractivity contribution in [2.75, 3.05) is 6.61 Å². The first-order chi connectivity index (χ1) is 17.3. The van der Waals surface area contributed by atoms with Crippen LogP contribution >= 0.6 is 7.60 Å². The second-order valence-electron chi connectivity index (χ2n) is 8.29. The monoisotopic (exact) mass is 517 g/mol. The molecule has 0 heterocycles. The van der Waals surface area contributed by atoms with Crippen molar-refractivity contribution in [2.24, 2.45) is 0 Å². The van der Waals surface area contributed by atoms with Gasteiger partial charge >= 0.3 is 19.7 Å². The summed E-state index contributed by atoms with van der Waals surface area (Å²) in [7, 11) is -4.54. The molecule has 0 unspecified atom stereocenters. The molecule has 0 radical (unpaired) electrons. The number of hydrogen-bond acceptors (Lipinski definition) is 6. The molecule has 0 saturated heterocycles. The van der Waals surface area contributed by atoms with Crippen LogP contribution in [0, 0.1) is 0 Å². The number of aliphatic carboxylic acids is 1. The van der Waals surface area contributed by atoms with Gasteiger partial charge in [-0.3, -0.25) is 4.57 Å². The first-order valence-corrected chi connectivity index (χ1v) is 12.7. The molecule has 1 amide bonds. The normalized spacial score (nSPS) is 13.5. The molecule has 11 heteroatoms. The zero-order valence-electron chi connectivity index (χ0n) is 18.8. The molecule has 8 nitrogen and oxygen atoms in total. The summed E-state index contributed by atoms with van der Waals surface area (Å²) in [6.07, 6.45) is -1.61. The van der Waals surface area contributed by atoms with Gasteiger partial charge in [-0.2, -0.15) is 0 Å². The highest BCUT2D eigenvalue weighted by Crippen LogP contribution is 2.52. The maximum absolute atomic E-state index is 12.5. The quantitative estimate of drug-likeness (QED) is 0.331. The predicted octanol–water partition coefficient (Wildman–Crippen LogP) is 5.72. The molecule has 4 rings (SSSR count).